The number of anilines is 2. The van der Waals surface area contributed by atoms with Gasteiger partial charge < -0.3 is 20.0 Å². The van der Waals surface area contributed by atoms with Gasteiger partial charge in [0.25, 0.3) is 0 Å². The van der Waals surface area contributed by atoms with Crippen LogP contribution in [0.2, 0.25) is 0 Å². The molecule has 2 aromatic carbocycles. The Morgan fingerprint density at radius 1 is 1.03 bits per heavy atom. The van der Waals surface area contributed by atoms with Gasteiger partial charge in [-0.05, 0) is 50.3 Å². The van der Waals surface area contributed by atoms with E-state index in [1.807, 2.05) is 43.3 Å². The van der Waals surface area contributed by atoms with Crippen molar-refractivity contribution in [3.05, 3.63) is 60.2 Å². The molecule has 0 aromatic heterocycles. The molecule has 3 rings (SSSR count). The molecule has 0 amide bonds. The number of hydrogen-bond acceptors (Lipinski definition) is 5. The first kappa shape index (κ1) is 26.3. The molecule has 0 aliphatic carbocycles. The van der Waals surface area contributed by atoms with Crippen molar-refractivity contribution in [3.8, 4) is 0 Å². The highest BCUT2D eigenvalue weighted by Crippen LogP contribution is 2.49. The number of rotatable bonds is 6. The Bertz CT molecular complexity index is 1010. The molecule has 0 saturated heterocycles. The molecule has 2 aromatic rings. The molecule has 0 saturated carbocycles. The van der Waals surface area contributed by atoms with Crippen molar-refractivity contribution >= 4 is 35.1 Å². The van der Waals surface area contributed by atoms with Gasteiger partial charge in [0.1, 0.15) is 0 Å². The lowest BCUT2D eigenvalue weighted by Gasteiger charge is -2.35. The Morgan fingerprint density at radius 2 is 1.61 bits per heavy atom. The predicted molar refractivity (Wildman–Crippen MR) is 121 cm³/mol. The fourth-order valence-electron chi connectivity index (χ4n) is 3.34. The van der Waals surface area contributed by atoms with Gasteiger partial charge in [0, 0.05) is 35.0 Å². The van der Waals surface area contributed by atoms with Crippen LogP contribution < -0.4 is 4.90 Å². The van der Waals surface area contributed by atoms with Crippen LogP contribution >= 0.6 is 11.8 Å². The highest BCUT2D eigenvalue weighted by atomic mass is 32.2. The summed E-state index contributed by atoms with van der Waals surface area (Å²) >= 11 is 1.53. The number of para-hydroxylation sites is 1. The summed E-state index contributed by atoms with van der Waals surface area (Å²) in [5.74, 6) is -2.20. The van der Waals surface area contributed by atoms with Crippen LogP contribution in [-0.2, 0) is 15.8 Å². The number of carbonyl (C=O) groups is 2. The molecule has 1 aliphatic heterocycles. The van der Waals surface area contributed by atoms with Gasteiger partial charge in [-0.1, -0.05) is 30.8 Å². The molecule has 0 bridgehead atoms. The van der Waals surface area contributed by atoms with E-state index in [-0.39, 0.29) is 0 Å². The maximum Gasteiger partial charge on any atom is 0.416 e. The van der Waals surface area contributed by atoms with Crippen molar-refractivity contribution in [2.75, 3.05) is 32.1 Å². The van der Waals surface area contributed by atoms with E-state index in [1.54, 1.807) is 6.07 Å². The van der Waals surface area contributed by atoms with Crippen molar-refractivity contribution in [1.82, 2.24) is 4.90 Å². The molecule has 33 heavy (non-hydrogen) atoms. The van der Waals surface area contributed by atoms with Gasteiger partial charge in [-0.25, -0.2) is 9.59 Å². The minimum Gasteiger partial charge on any atom is -0.478 e. The number of carboxylic acid groups (broad SMARTS) is 2. The summed E-state index contributed by atoms with van der Waals surface area (Å²) in [4.78, 5) is 25.2. The average Bonchev–Trinajstić information content (AvgIpc) is 2.71. The van der Waals surface area contributed by atoms with Crippen LogP contribution in [0.5, 0.6) is 0 Å². The van der Waals surface area contributed by atoms with Crippen LogP contribution in [0.1, 0.15) is 12.5 Å². The molecule has 10 heteroatoms. The smallest absolute Gasteiger partial charge is 0.416 e. The van der Waals surface area contributed by atoms with Crippen LogP contribution in [0.3, 0.4) is 0 Å². The summed E-state index contributed by atoms with van der Waals surface area (Å²) < 4.78 is 39.6. The van der Waals surface area contributed by atoms with E-state index < -0.39 is 23.7 Å². The van der Waals surface area contributed by atoms with E-state index in [9.17, 15) is 22.8 Å². The molecule has 6 nitrogen and oxygen atoms in total. The molecule has 178 valence electrons. The van der Waals surface area contributed by atoms with Crippen LogP contribution in [0.15, 0.2) is 64.4 Å². The Kier molecular flexibility index (Phi) is 8.95. The van der Waals surface area contributed by atoms with Gasteiger partial charge in [-0.3, -0.25) is 0 Å². The number of carboxylic acids is 2. The number of nitrogens with zero attached hydrogens (tertiary/aromatic N) is 2. The largest absolute Gasteiger partial charge is 0.478 e. The molecule has 2 N–H and O–H groups in total. The van der Waals surface area contributed by atoms with E-state index in [2.05, 4.69) is 11.8 Å². The zero-order valence-electron chi connectivity index (χ0n) is 18.3. The number of aliphatic carboxylic acids is 2. The maximum atomic E-state index is 13.2. The summed E-state index contributed by atoms with van der Waals surface area (Å²) in [6, 6.07) is 11.9. The first-order chi connectivity index (χ1) is 15.4. The van der Waals surface area contributed by atoms with E-state index in [0.29, 0.717) is 30.3 Å². The van der Waals surface area contributed by atoms with Crippen LogP contribution in [0.4, 0.5) is 24.5 Å². The minimum atomic E-state index is -4.34. The fourth-order valence-corrected chi connectivity index (χ4v) is 4.41. The van der Waals surface area contributed by atoms with E-state index >= 15 is 0 Å². The topological polar surface area (TPSA) is 81.1 Å². The Hall–Kier alpha value is -2.98. The average molecular weight is 483 g/mol. The summed E-state index contributed by atoms with van der Waals surface area (Å²) in [6.45, 7) is 3.67. The van der Waals surface area contributed by atoms with Crippen molar-refractivity contribution in [2.45, 2.75) is 22.9 Å². The predicted octanol–water partition coefficient (Wildman–Crippen LogP) is 5.22. The lowest BCUT2D eigenvalue weighted by atomic mass is 10.1. The highest BCUT2D eigenvalue weighted by molar-refractivity contribution is 7.99. The third-order valence-corrected chi connectivity index (χ3v) is 5.62. The van der Waals surface area contributed by atoms with Gasteiger partial charge in [-0.15, -0.1) is 0 Å². The molecular formula is C23H25F3N2O4S. The van der Waals surface area contributed by atoms with Crippen molar-refractivity contribution in [3.63, 3.8) is 0 Å². The van der Waals surface area contributed by atoms with E-state index in [4.69, 9.17) is 10.2 Å². The molecule has 0 fully saturated rings. The van der Waals surface area contributed by atoms with E-state index in [0.717, 1.165) is 22.0 Å². The summed E-state index contributed by atoms with van der Waals surface area (Å²) in [5, 5.41) is 15.6. The maximum absolute atomic E-state index is 13.2. The first-order valence-corrected chi connectivity index (χ1v) is 10.7. The Labute approximate surface area is 194 Å². The van der Waals surface area contributed by atoms with Gasteiger partial charge in [0.05, 0.1) is 16.9 Å². The van der Waals surface area contributed by atoms with Gasteiger partial charge in [0.15, 0.2) is 0 Å². The number of benzene rings is 2. The number of hydrogen-bond donors (Lipinski definition) is 2. The summed E-state index contributed by atoms with van der Waals surface area (Å²) in [5.41, 5.74) is 1.02. The number of alkyl halides is 3. The van der Waals surface area contributed by atoms with Gasteiger partial charge in [-0.2, -0.15) is 13.2 Å². The zero-order chi connectivity index (χ0) is 24.8. The molecule has 0 spiro atoms. The lowest BCUT2D eigenvalue weighted by molar-refractivity contribution is -0.137. The third kappa shape index (κ3) is 7.83. The normalized spacial score (nSPS) is 13.7. The summed E-state index contributed by atoms with van der Waals surface area (Å²) in [6.07, 6.45) is -3.22. The van der Waals surface area contributed by atoms with Crippen molar-refractivity contribution < 1.29 is 33.0 Å². The monoisotopic (exact) mass is 482 g/mol. The van der Waals surface area contributed by atoms with Crippen molar-refractivity contribution in [1.29, 1.82) is 0 Å². The minimum absolute atomic E-state index is 0.313. The Morgan fingerprint density at radius 3 is 2.15 bits per heavy atom. The molecular weight excluding hydrogens is 457 g/mol. The standard InChI is InChI=1S/C19H21F3N2S.C4H4O4/c1-13(11-23(2)3)12-24-15-6-4-5-7-17(15)25-18-9-8-14(10-16(18)24)19(20,21)22;5-3(6)1-2-4(7)8/h4-10,13H,11-12H2,1-3H3;1-2H,(H,5,6)(H,7,8). The second-order valence-corrected chi connectivity index (χ2v) is 8.82. The molecule has 1 aliphatic rings. The van der Waals surface area contributed by atoms with Crippen LogP contribution in [0, 0.1) is 5.92 Å². The lowest BCUT2D eigenvalue weighted by Crippen LogP contribution is -2.31. The number of fused-ring (bicyclic) bond motifs is 2. The molecule has 0 radical (unpaired) electrons. The highest BCUT2D eigenvalue weighted by Gasteiger charge is 2.33. The molecule has 1 unspecified atom stereocenters. The zero-order valence-corrected chi connectivity index (χ0v) is 19.2. The Balaban J connectivity index is 0.000000414. The first-order valence-electron chi connectivity index (χ1n) is 9.92. The second-order valence-electron chi connectivity index (χ2n) is 7.74. The quantitative estimate of drug-likeness (QED) is 0.547. The number of halogens is 3. The molecule has 1 heterocycles. The van der Waals surface area contributed by atoms with Crippen LogP contribution in [-0.4, -0.2) is 54.2 Å². The van der Waals surface area contributed by atoms with Crippen molar-refractivity contribution in [2.24, 2.45) is 5.92 Å². The van der Waals surface area contributed by atoms with Crippen LogP contribution in [0.25, 0.3) is 0 Å². The third-order valence-electron chi connectivity index (χ3n) is 4.49. The fraction of sp³-hybridized carbons (Fsp3) is 0.304. The molecule has 1 atom stereocenters. The van der Waals surface area contributed by atoms with E-state index in [1.165, 1.54) is 23.9 Å². The van der Waals surface area contributed by atoms with Gasteiger partial charge in [0.2, 0.25) is 0 Å². The summed E-state index contributed by atoms with van der Waals surface area (Å²) in [7, 11) is 4.01. The second kappa shape index (κ2) is 11.2. The SMILES string of the molecule is CC(CN(C)C)CN1c2ccccc2Sc2ccc(C(F)(F)F)cc21.O=C(O)C=CC(=O)O. The van der Waals surface area contributed by atoms with Gasteiger partial charge >= 0.3 is 18.1 Å².